The summed E-state index contributed by atoms with van der Waals surface area (Å²) in [5.74, 6) is 0. The van der Waals surface area contributed by atoms with Crippen molar-refractivity contribution in [2.75, 3.05) is 7.05 Å². The molecule has 1 aromatic carbocycles. The van der Waals surface area contributed by atoms with Crippen LogP contribution >= 0.6 is 22.9 Å². The van der Waals surface area contributed by atoms with Crippen molar-refractivity contribution in [3.63, 3.8) is 0 Å². The molecule has 0 saturated heterocycles. The molecule has 3 heteroatoms. The molecule has 0 aliphatic heterocycles. The minimum Gasteiger partial charge on any atom is -0.312 e. The molecule has 1 N–H and O–H groups in total. The van der Waals surface area contributed by atoms with Gasteiger partial charge in [-0.2, -0.15) is 0 Å². The average molecular weight is 266 g/mol. The zero-order chi connectivity index (χ0) is 12.3. The Bertz CT molecular complexity index is 492. The highest BCUT2D eigenvalue weighted by Gasteiger charge is 2.14. The number of rotatable bonds is 4. The minimum atomic E-state index is 0.296. The van der Waals surface area contributed by atoms with Crippen molar-refractivity contribution in [2.45, 2.75) is 19.4 Å². The van der Waals surface area contributed by atoms with Gasteiger partial charge in [0.1, 0.15) is 0 Å². The van der Waals surface area contributed by atoms with Gasteiger partial charge in [0.15, 0.2) is 0 Å². The molecule has 17 heavy (non-hydrogen) atoms. The van der Waals surface area contributed by atoms with E-state index < -0.39 is 0 Å². The predicted molar refractivity (Wildman–Crippen MR) is 76.0 cm³/mol. The lowest BCUT2D eigenvalue weighted by Crippen LogP contribution is -2.18. The molecule has 1 unspecified atom stereocenters. The van der Waals surface area contributed by atoms with Crippen LogP contribution in [0.5, 0.6) is 0 Å². The number of hydrogen-bond donors (Lipinski definition) is 1. The third-order valence-electron chi connectivity index (χ3n) is 2.83. The van der Waals surface area contributed by atoms with Crippen molar-refractivity contribution in [1.82, 2.24) is 5.32 Å². The van der Waals surface area contributed by atoms with E-state index >= 15 is 0 Å². The fraction of sp³-hybridized carbons (Fsp3) is 0.286. The lowest BCUT2D eigenvalue weighted by atomic mass is 10.0. The summed E-state index contributed by atoms with van der Waals surface area (Å²) < 4.78 is 0. The van der Waals surface area contributed by atoms with Crippen molar-refractivity contribution < 1.29 is 0 Å². The van der Waals surface area contributed by atoms with Crippen LogP contribution in [-0.4, -0.2) is 7.05 Å². The van der Waals surface area contributed by atoms with Gasteiger partial charge in [0, 0.05) is 10.9 Å². The van der Waals surface area contributed by atoms with Gasteiger partial charge in [0.2, 0.25) is 0 Å². The average Bonchev–Trinajstić information content (AvgIpc) is 2.72. The Hall–Kier alpha value is -0.830. The zero-order valence-corrected chi connectivity index (χ0v) is 11.6. The maximum absolute atomic E-state index is 6.18. The second kappa shape index (κ2) is 5.67. The first-order chi connectivity index (χ1) is 8.20. The number of benzene rings is 1. The molecule has 0 bridgehead atoms. The maximum atomic E-state index is 6.18. The van der Waals surface area contributed by atoms with Gasteiger partial charge < -0.3 is 5.32 Å². The third-order valence-corrected chi connectivity index (χ3v) is 4.30. The fourth-order valence-electron chi connectivity index (χ4n) is 1.95. The topological polar surface area (TPSA) is 12.0 Å². The highest BCUT2D eigenvalue weighted by atomic mass is 35.5. The van der Waals surface area contributed by atoms with E-state index in [1.807, 2.05) is 18.5 Å². The molecule has 1 aromatic heterocycles. The van der Waals surface area contributed by atoms with E-state index in [1.165, 1.54) is 16.0 Å². The molecule has 1 nitrogen and oxygen atoms in total. The van der Waals surface area contributed by atoms with Crippen LogP contribution in [0, 0.1) is 6.92 Å². The summed E-state index contributed by atoms with van der Waals surface area (Å²) >= 11 is 7.89. The van der Waals surface area contributed by atoms with Crippen LogP contribution < -0.4 is 5.32 Å². The number of halogens is 1. The van der Waals surface area contributed by atoms with Gasteiger partial charge >= 0.3 is 0 Å². The van der Waals surface area contributed by atoms with Gasteiger partial charge in [-0.05, 0) is 37.4 Å². The van der Waals surface area contributed by atoms with Gasteiger partial charge in [0.05, 0.1) is 5.02 Å². The zero-order valence-electron chi connectivity index (χ0n) is 10.0. The summed E-state index contributed by atoms with van der Waals surface area (Å²) in [5, 5.41) is 6.24. The summed E-state index contributed by atoms with van der Waals surface area (Å²) in [4.78, 5) is 1.22. The van der Waals surface area contributed by atoms with E-state index in [9.17, 15) is 0 Å². The quantitative estimate of drug-likeness (QED) is 0.873. The Morgan fingerprint density at radius 3 is 2.76 bits per heavy atom. The van der Waals surface area contributed by atoms with Gasteiger partial charge in [-0.1, -0.05) is 41.4 Å². The normalized spacial score (nSPS) is 12.6. The van der Waals surface area contributed by atoms with Gasteiger partial charge in [-0.25, -0.2) is 0 Å². The number of thiophene rings is 1. The Kier molecular flexibility index (Phi) is 4.21. The monoisotopic (exact) mass is 265 g/mol. The predicted octanol–water partition coefficient (Wildman–Crippen LogP) is 4.21. The molecular formula is C14H16ClNS. The number of aryl methyl sites for hydroxylation is 1. The van der Waals surface area contributed by atoms with Crippen molar-refractivity contribution >= 4 is 22.9 Å². The SMILES string of the molecule is CNC(Cc1cccc(C)c1)c1sccc1Cl. The first-order valence-corrected chi connectivity index (χ1v) is 6.92. The summed E-state index contributed by atoms with van der Waals surface area (Å²) in [5.41, 5.74) is 2.64. The van der Waals surface area contributed by atoms with Crippen molar-refractivity contribution in [1.29, 1.82) is 0 Å². The molecule has 1 atom stereocenters. The van der Waals surface area contributed by atoms with Crippen LogP contribution in [0.15, 0.2) is 35.7 Å². The Morgan fingerprint density at radius 2 is 2.18 bits per heavy atom. The van der Waals surface area contributed by atoms with Crippen molar-refractivity contribution in [3.05, 3.63) is 56.7 Å². The molecule has 0 aliphatic rings. The van der Waals surface area contributed by atoms with E-state index in [1.54, 1.807) is 11.3 Å². The fourth-order valence-corrected chi connectivity index (χ4v) is 3.25. The molecular weight excluding hydrogens is 250 g/mol. The van der Waals surface area contributed by atoms with Crippen molar-refractivity contribution in [3.8, 4) is 0 Å². The molecule has 0 radical (unpaired) electrons. The number of nitrogens with one attached hydrogen (secondary N) is 1. The minimum absolute atomic E-state index is 0.296. The standard InChI is InChI=1S/C14H16ClNS/c1-10-4-3-5-11(8-10)9-13(16-2)14-12(15)6-7-17-14/h3-8,13,16H,9H2,1-2H3. The van der Waals surface area contributed by atoms with Crippen LogP contribution in [-0.2, 0) is 6.42 Å². The maximum Gasteiger partial charge on any atom is 0.0561 e. The molecule has 2 rings (SSSR count). The molecule has 1 heterocycles. The second-order valence-corrected chi connectivity index (χ2v) is 5.52. The van der Waals surface area contributed by atoms with E-state index in [0.717, 1.165) is 11.4 Å². The molecule has 0 spiro atoms. The molecule has 90 valence electrons. The van der Waals surface area contributed by atoms with Crippen molar-refractivity contribution in [2.24, 2.45) is 0 Å². The van der Waals surface area contributed by atoms with E-state index in [4.69, 9.17) is 11.6 Å². The van der Waals surface area contributed by atoms with Gasteiger partial charge in [0.25, 0.3) is 0 Å². The first-order valence-electron chi connectivity index (χ1n) is 5.66. The van der Waals surface area contributed by atoms with E-state index in [2.05, 4.69) is 36.5 Å². The number of hydrogen-bond acceptors (Lipinski definition) is 2. The Balaban J connectivity index is 2.19. The Labute approximate surface area is 111 Å². The summed E-state index contributed by atoms with van der Waals surface area (Å²) in [6.07, 6.45) is 0.971. The Morgan fingerprint density at radius 1 is 1.35 bits per heavy atom. The lowest BCUT2D eigenvalue weighted by molar-refractivity contribution is 0.602. The summed E-state index contributed by atoms with van der Waals surface area (Å²) in [6, 6.07) is 10.9. The number of likely N-dealkylation sites (N-methyl/N-ethyl adjacent to an activating group) is 1. The molecule has 0 amide bonds. The molecule has 0 aliphatic carbocycles. The van der Waals surface area contributed by atoms with Crippen LogP contribution in [0.3, 0.4) is 0 Å². The van der Waals surface area contributed by atoms with E-state index in [-0.39, 0.29) is 0 Å². The van der Waals surface area contributed by atoms with E-state index in [0.29, 0.717) is 6.04 Å². The van der Waals surface area contributed by atoms with Crippen LogP contribution in [0.2, 0.25) is 5.02 Å². The van der Waals surface area contributed by atoms with Crippen LogP contribution in [0.1, 0.15) is 22.0 Å². The molecule has 2 aromatic rings. The second-order valence-electron chi connectivity index (χ2n) is 4.17. The van der Waals surface area contributed by atoms with Gasteiger partial charge in [-0.3, -0.25) is 0 Å². The van der Waals surface area contributed by atoms with Crippen LogP contribution in [0.25, 0.3) is 0 Å². The summed E-state index contributed by atoms with van der Waals surface area (Å²) in [7, 11) is 1.98. The van der Waals surface area contributed by atoms with Crippen LogP contribution in [0.4, 0.5) is 0 Å². The first kappa shape index (κ1) is 12.6. The summed E-state index contributed by atoms with van der Waals surface area (Å²) in [6.45, 7) is 2.12. The lowest BCUT2D eigenvalue weighted by Gasteiger charge is -2.15. The molecule has 0 saturated carbocycles. The smallest absolute Gasteiger partial charge is 0.0561 e. The largest absolute Gasteiger partial charge is 0.312 e. The van der Waals surface area contributed by atoms with Gasteiger partial charge in [-0.15, -0.1) is 11.3 Å². The highest BCUT2D eigenvalue weighted by molar-refractivity contribution is 7.10. The highest BCUT2D eigenvalue weighted by Crippen LogP contribution is 2.30. The molecule has 0 fully saturated rings. The third kappa shape index (κ3) is 3.09.